The van der Waals surface area contributed by atoms with Crippen LogP contribution in [-0.2, 0) is 6.42 Å². The first-order valence-electron chi connectivity index (χ1n) is 10.0. The maximum Gasteiger partial charge on any atom is 0.186 e. The number of aliphatic hydroxyl groups is 1. The van der Waals surface area contributed by atoms with Crippen molar-refractivity contribution >= 4 is 37.6 Å². The van der Waals surface area contributed by atoms with Crippen molar-refractivity contribution in [2.75, 3.05) is 5.32 Å². The standard InChI is InChI=1S/C25H21N3O2S/c1-25(29,16-17-7-3-2-4-8-17)28-24-27-21-12-11-18(15-23(21)31-24)30-22-13-14-26-20-10-6-5-9-19(20)22/h2-15,29H,16H2,1H3,(H,27,28). The van der Waals surface area contributed by atoms with Crippen molar-refractivity contribution < 1.29 is 9.84 Å². The Balaban J connectivity index is 1.37. The fraction of sp³-hybridized carbons (Fsp3) is 0.120. The van der Waals surface area contributed by atoms with E-state index in [2.05, 4.69) is 15.3 Å². The summed E-state index contributed by atoms with van der Waals surface area (Å²) < 4.78 is 7.14. The molecule has 5 aromatic rings. The van der Waals surface area contributed by atoms with E-state index in [4.69, 9.17) is 4.74 Å². The van der Waals surface area contributed by atoms with Crippen molar-refractivity contribution in [3.05, 3.63) is 90.6 Å². The van der Waals surface area contributed by atoms with E-state index in [1.807, 2.05) is 78.9 Å². The van der Waals surface area contributed by atoms with Gasteiger partial charge in [-0.15, -0.1) is 0 Å². The number of thiazole rings is 1. The average molecular weight is 428 g/mol. The van der Waals surface area contributed by atoms with Crippen LogP contribution in [0.1, 0.15) is 12.5 Å². The number of pyridine rings is 1. The van der Waals surface area contributed by atoms with E-state index in [-0.39, 0.29) is 0 Å². The number of benzene rings is 3. The van der Waals surface area contributed by atoms with Crippen LogP contribution in [0.2, 0.25) is 0 Å². The molecule has 1 atom stereocenters. The zero-order valence-electron chi connectivity index (χ0n) is 16.9. The van der Waals surface area contributed by atoms with Crippen LogP contribution in [0.3, 0.4) is 0 Å². The van der Waals surface area contributed by atoms with Gasteiger partial charge in [-0.3, -0.25) is 4.98 Å². The highest BCUT2D eigenvalue weighted by atomic mass is 32.1. The number of hydrogen-bond acceptors (Lipinski definition) is 6. The number of aromatic nitrogens is 2. The van der Waals surface area contributed by atoms with Gasteiger partial charge in [-0.25, -0.2) is 4.98 Å². The lowest BCUT2D eigenvalue weighted by molar-refractivity contribution is 0.0907. The number of ether oxygens (including phenoxy) is 1. The van der Waals surface area contributed by atoms with Gasteiger partial charge in [0.2, 0.25) is 0 Å². The lowest BCUT2D eigenvalue weighted by Gasteiger charge is -2.24. The van der Waals surface area contributed by atoms with Crippen LogP contribution >= 0.6 is 11.3 Å². The summed E-state index contributed by atoms with van der Waals surface area (Å²) in [6, 6.07) is 25.5. The van der Waals surface area contributed by atoms with Crippen LogP contribution in [0.15, 0.2) is 85.1 Å². The first-order valence-corrected chi connectivity index (χ1v) is 10.8. The van der Waals surface area contributed by atoms with Crippen LogP contribution in [0.4, 0.5) is 5.13 Å². The minimum Gasteiger partial charge on any atom is -0.457 e. The number of rotatable bonds is 6. The molecule has 5 rings (SSSR count). The van der Waals surface area contributed by atoms with E-state index >= 15 is 0 Å². The van der Waals surface area contributed by atoms with Gasteiger partial charge < -0.3 is 15.2 Å². The third-order valence-corrected chi connectivity index (χ3v) is 5.90. The van der Waals surface area contributed by atoms with E-state index in [1.165, 1.54) is 11.3 Å². The van der Waals surface area contributed by atoms with Crippen LogP contribution in [0.5, 0.6) is 11.5 Å². The van der Waals surface area contributed by atoms with E-state index in [9.17, 15) is 5.11 Å². The third-order valence-electron chi connectivity index (χ3n) is 4.96. The Labute approximate surface area is 184 Å². The number of nitrogens with one attached hydrogen (secondary N) is 1. The molecule has 0 aliphatic carbocycles. The molecule has 0 amide bonds. The zero-order chi connectivity index (χ0) is 21.3. The minimum absolute atomic E-state index is 0.479. The van der Waals surface area contributed by atoms with Gasteiger partial charge in [-0.2, -0.15) is 0 Å². The molecule has 0 saturated carbocycles. The lowest BCUT2D eigenvalue weighted by Crippen LogP contribution is -2.36. The molecular weight excluding hydrogens is 406 g/mol. The number of hydrogen-bond donors (Lipinski definition) is 2. The summed E-state index contributed by atoms with van der Waals surface area (Å²) in [7, 11) is 0. The second-order valence-corrected chi connectivity index (χ2v) is 8.67. The minimum atomic E-state index is -1.11. The highest BCUT2D eigenvalue weighted by Crippen LogP contribution is 2.34. The zero-order valence-corrected chi connectivity index (χ0v) is 17.8. The lowest BCUT2D eigenvalue weighted by atomic mass is 10.0. The molecule has 31 heavy (non-hydrogen) atoms. The molecule has 0 spiro atoms. The summed E-state index contributed by atoms with van der Waals surface area (Å²) in [5.41, 5.74) is 1.70. The molecule has 2 heterocycles. The van der Waals surface area contributed by atoms with Crippen LogP contribution in [-0.4, -0.2) is 20.8 Å². The Morgan fingerprint density at radius 2 is 1.77 bits per heavy atom. The number of nitrogens with zero attached hydrogens (tertiary/aromatic N) is 2. The summed E-state index contributed by atoms with van der Waals surface area (Å²) >= 11 is 1.49. The second kappa shape index (κ2) is 7.98. The molecule has 0 aliphatic rings. The Bertz CT molecular complexity index is 1340. The van der Waals surface area contributed by atoms with Gasteiger partial charge in [0.05, 0.1) is 15.7 Å². The van der Waals surface area contributed by atoms with Gasteiger partial charge in [-0.1, -0.05) is 53.8 Å². The highest BCUT2D eigenvalue weighted by molar-refractivity contribution is 7.22. The first kappa shape index (κ1) is 19.5. The van der Waals surface area contributed by atoms with Crippen molar-refractivity contribution in [3.63, 3.8) is 0 Å². The van der Waals surface area contributed by atoms with Gasteiger partial charge in [0.25, 0.3) is 0 Å². The van der Waals surface area contributed by atoms with Crippen molar-refractivity contribution in [1.29, 1.82) is 0 Å². The molecule has 0 saturated heterocycles. The molecule has 154 valence electrons. The van der Waals surface area contributed by atoms with Crippen molar-refractivity contribution in [3.8, 4) is 11.5 Å². The van der Waals surface area contributed by atoms with Crippen molar-refractivity contribution in [2.45, 2.75) is 19.1 Å². The summed E-state index contributed by atoms with van der Waals surface area (Å²) in [6.45, 7) is 1.76. The molecule has 0 aliphatic heterocycles. The molecular formula is C25H21N3O2S. The number of anilines is 1. The molecule has 1 unspecified atom stereocenters. The van der Waals surface area contributed by atoms with E-state index < -0.39 is 5.72 Å². The maximum atomic E-state index is 10.8. The first-order chi connectivity index (χ1) is 15.1. The summed E-state index contributed by atoms with van der Waals surface area (Å²) in [5.74, 6) is 1.49. The monoisotopic (exact) mass is 427 g/mol. The summed E-state index contributed by atoms with van der Waals surface area (Å²) in [5, 5.41) is 15.6. The Kier molecular flexibility index (Phi) is 5.02. The molecule has 2 N–H and O–H groups in total. The fourth-order valence-corrected chi connectivity index (χ4v) is 4.59. The Hall–Kier alpha value is -3.48. The van der Waals surface area contributed by atoms with Gasteiger partial charge >= 0.3 is 0 Å². The van der Waals surface area contributed by atoms with Gasteiger partial charge in [0.1, 0.15) is 17.2 Å². The van der Waals surface area contributed by atoms with E-state index in [1.54, 1.807) is 13.1 Å². The predicted octanol–water partition coefficient (Wildman–Crippen LogP) is 6.00. The Morgan fingerprint density at radius 3 is 2.65 bits per heavy atom. The molecule has 6 heteroatoms. The predicted molar refractivity (Wildman–Crippen MR) is 126 cm³/mol. The van der Waals surface area contributed by atoms with Crippen molar-refractivity contribution in [1.82, 2.24) is 9.97 Å². The summed E-state index contributed by atoms with van der Waals surface area (Å²) in [4.78, 5) is 9.00. The number of fused-ring (bicyclic) bond motifs is 2. The fourth-order valence-electron chi connectivity index (χ4n) is 3.58. The SMILES string of the molecule is CC(O)(Cc1ccccc1)Nc1nc2ccc(Oc3ccnc4ccccc34)cc2s1. The van der Waals surface area contributed by atoms with Gasteiger partial charge in [0, 0.05) is 24.1 Å². The third kappa shape index (κ3) is 4.35. The van der Waals surface area contributed by atoms with Crippen LogP contribution < -0.4 is 10.1 Å². The quantitative estimate of drug-likeness (QED) is 0.325. The van der Waals surface area contributed by atoms with Gasteiger partial charge in [0.15, 0.2) is 5.13 Å². The Morgan fingerprint density at radius 1 is 0.968 bits per heavy atom. The van der Waals surface area contributed by atoms with E-state index in [0.717, 1.165) is 38.2 Å². The largest absolute Gasteiger partial charge is 0.457 e. The molecule has 3 aromatic carbocycles. The normalized spacial score (nSPS) is 13.2. The highest BCUT2D eigenvalue weighted by Gasteiger charge is 2.22. The van der Waals surface area contributed by atoms with Crippen LogP contribution in [0, 0.1) is 0 Å². The smallest absolute Gasteiger partial charge is 0.186 e. The number of para-hydroxylation sites is 1. The maximum absolute atomic E-state index is 10.8. The van der Waals surface area contributed by atoms with E-state index in [0.29, 0.717) is 11.6 Å². The molecule has 0 fully saturated rings. The summed E-state index contributed by atoms with van der Waals surface area (Å²) in [6.07, 6.45) is 2.23. The van der Waals surface area contributed by atoms with Crippen molar-refractivity contribution in [2.24, 2.45) is 0 Å². The molecule has 0 radical (unpaired) electrons. The molecule has 0 bridgehead atoms. The molecule has 2 aromatic heterocycles. The molecule has 5 nitrogen and oxygen atoms in total. The topological polar surface area (TPSA) is 67.3 Å². The van der Waals surface area contributed by atoms with Gasteiger partial charge in [-0.05, 0) is 42.8 Å². The van der Waals surface area contributed by atoms with Crippen LogP contribution in [0.25, 0.3) is 21.1 Å². The second-order valence-electron chi connectivity index (χ2n) is 7.64. The average Bonchev–Trinajstić information content (AvgIpc) is 3.15.